The van der Waals surface area contributed by atoms with E-state index in [2.05, 4.69) is 48.3 Å². The van der Waals surface area contributed by atoms with Gasteiger partial charge in [-0.05, 0) is 54.8 Å². The molecule has 2 aromatic rings. The minimum atomic E-state index is -0.579. The summed E-state index contributed by atoms with van der Waals surface area (Å²) in [6.45, 7) is 8.04. The Morgan fingerprint density at radius 2 is 1.76 bits per heavy atom. The lowest BCUT2D eigenvalue weighted by Crippen LogP contribution is -2.52. The molecule has 0 aliphatic carbocycles. The number of thioether (sulfide) groups is 1. The molecule has 2 aromatic carbocycles. The summed E-state index contributed by atoms with van der Waals surface area (Å²) < 4.78 is 0. The Morgan fingerprint density at radius 3 is 2.45 bits per heavy atom. The monoisotopic (exact) mass is 465 g/mol. The second-order valence-electron chi connectivity index (χ2n) is 8.56. The zero-order valence-corrected chi connectivity index (χ0v) is 20.1. The normalized spacial score (nSPS) is 18.1. The lowest BCUT2D eigenvalue weighted by Gasteiger charge is -2.29. The smallest absolute Gasteiger partial charge is 0.255 e. The summed E-state index contributed by atoms with van der Waals surface area (Å²) >= 11 is 1.72. The van der Waals surface area contributed by atoms with E-state index >= 15 is 0 Å². The number of piperidine rings is 1. The summed E-state index contributed by atoms with van der Waals surface area (Å²) in [7, 11) is 0. The van der Waals surface area contributed by atoms with Gasteiger partial charge in [0.15, 0.2) is 0 Å². The highest BCUT2D eigenvalue weighted by atomic mass is 32.2. The van der Waals surface area contributed by atoms with Gasteiger partial charge in [-0.15, -0.1) is 11.8 Å². The highest BCUT2D eigenvalue weighted by Gasteiger charge is 2.39. The Kier molecular flexibility index (Phi) is 7.50. The maximum atomic E-state index is 13.0. The second-order valence-corrected chi connectivity index (χ2v) is 9.58. The van der Waals surface area contributed by atoms with Gasteiger partial charge in [-0.25, -0.2) is 0 Å². The summed E-state index contributed by atoms with van der Waals surface area (Å²) in [5.41, 5.74) is 4.24. The molecular weight excluding hydrogens is 434 g/mol. The molecule has 0 radical (unpaired) electrons. The molecule has 7 heteroatoms. The molecule has 4 rings (SSSR count). The topological polar surface area (TPSA) is 69.7 Å². The molecule has 2 aliphatic heterocycles. The fraction of sp³-hybridized carbons (Fsp3) is 0.423. The predicted molar refractivity (Wildman–Crippen MR) is 130 cm³/mol. The number of rotatable bonds is 9. The van der Waals surface area contributed by atoms with Gasteiger partial charge in [0.25, 0.3) is 5.91 Å². The molecule has 2 heterocycles. The molecule has 0 saturated carbocycles. The summed E-state index contributed by atoms with van der Waals surface area (Å²) in [6, 6.07) is 14.0. The molecule has 0 bridgehead atoms. The van der Waals surface area contributed by atoms with Crippen molar-refractivity contribution in [1.29, 1.82) is 0 Å². The van der Waals surface area contributed by atoms with Crippen LogP contribution in [0.1, 0.15) is 53.7 Å². The van der Waals surface area contributed by atoms with Crippen LogP contribution in [0.3, 0.4) is 0 Å². The lowest BCUT2D eigenvalue weighted by molar-refractivity contribution is -0.136. The van der Waals surface area contributed by atoms with Crippen LogP contribution in [0.15, 0.2) is 47.4 Å². The van der Waals surface area contributed by atoms with Crippen LogP contribution in [0.25, 0.3) is 0 Å². The number of hydrogen-bond donors (Lipinski definition) is 1. The van der Waals surface area contributed by atoms with E-state index in [1.54, 1.807) is 16.7 Å². The summed E-state index contributed by atoms with van der Waals surface area (Å²) in [6.07, 6.45) is 1.70. The number of hydrogen-bond acceptors (Lipinski definition) is 5. The molecule has 1 unspecified atom stereocenters. The first-order valence-electron chi connectivity index (χ1n) is 11.7. The van der Waals surface area contributed by atoms with Gasteiger partial charge in [0.2, 0.25) is 11.8 Å². The van der Waals surface area contributed by atoms with Gasteiger partial charge in [-0.2, -0.15) is 0 Å². The molecule has 2 aliphatic rings. The number of likely N-dealkylation sites (N-methyl/N-ethyl adjacent to an activating group) is 1. The van der Waals surface area contributed by atoms with Gasteiger partial charge < -0.3 is 9.80 Å². The fourth-order valence-electron chi connectivity index (χ4n) is 4.48. The van der Waals surface area contributed by atoms with Crippen LogP contribution in [0.4, 0.5) is 0 Å². The fourth-order valence-corrected chi connectivity index (χ4v) is 5.52. The number of nitrogens with zero attached hydrogens (tertiary/aromatic N) is 2. The van der Waals surface area contributed by atoms with Gasteiger partial charge in [-0.1, -0.05) is 44.2 Å². The van der Waals surface area contributed by atoms with Crippen molar-refractivity contribution in [2.45, 2.75) is 56.3 Å². The molecule has 174 valence electrons. The molecule has 1 atom stereocenters. The van der Waals surface area contributed by atoms with Crippen molar-refractivity contribution in [2.75, 3.05) is 19.6 Å². The van der Waals surface area contributed by atoms with E-state index in [0.29, 0.717) is 18.5 Å². The van der Waals surface area contributed by atoms with E-state index in [1.165, 1.54) is 11.1 Å². The second kappa shape index (κ2) is 10.5. The van der Waals surface area contributed by atoms with Crippen LogP contribution in [-0.2, 0) is 28.3 Å². The Morgan fingerprint density at radius 1 is 1.03 bits per heavy atom. The van der Waals surface area contributed by atoms with Crippen molar-refractivity contribution in [3.8, 4) is 0 Å². The molecule has 3 amide bonds. The van der Waals surface area contributed by atoms with Crippen molar-refractivity contribution >= 4 is 29.5 Å². The number of imide groups is 1. The first-order valence-corrected chi connectivity index (χ1v) is 12.7. The third-order valence-electron chi connectivity index (χ3n) is 6.57. The van der Waals surface area contributed by atoms with Crippen molar-refractivity contribution in [3.63, 3.8) is 0 Å². The van der Waals surface area contributed by atoms with Gasteiger partial charge >= 0.3 is 0 Å². The number of fused-ring (bicyclic) bond motifs is 1. The van der Waals surface area contributed by atoms with Crippen LogP contribution in [0.2, 0.25) is 0 Å². The molecule has 1 fully saturated rings. The Bertz CT molecular complexity index is 1030. The van der Waals surface area contributed by atoms with Crippen molar-refractivity contribution in [1.82, 2.24) is 15.1 Å². The van der Waals surface area contributed by atoms with Crippen LogP contribution >= 0.6 is 11.8 Å². The maximum Gasteiger partial charge on any atom is 0.255 e. The minimum Gasteiger partial charge on any atom is -0.322 e. The third-order valence-corrected chi connectivity index (χ3v) is 7.74. The van der Waals surface area contributed by atoms with Gasteiger partial charge in [-0.3, -0.25) is 19.7 Å². The van der Waals surface area contributed by atoms with Gasteiger partial charge in [0, 0.05) is 35.7 Å². The quantitative estimate of drug-likeness (QED) is 0.452. The first kappa shape index (κ1) is 23.5. The summed E-state index contributed by atoms with van der Waals surface area (Å²) in [4.78, 5) is 41.9. The van der Waals surface area contributed by atoms with E-state index in [-0.39, 0.29) is 24.1 Å². The molecule has 33 heavy (non-hydrogen) atoms. The molecule has 6 nitrogen and oxygen atoms in total. The minimum absolute atomic E-state index is 0.125. The number of carbonyl (C=O) groups excluding carboxylic acids is 3. The standard InChI is InChI=1S/C26H31N3O3S/c1-3-28(4-2)15-14-18-8-10-19(11-9-18)17-33-23-7-5-6-20-21(23)16-29(26(20)32)22-12-13-24(30)27-25(22)31/h5-11,22H,3-4,12-17H2,1-2H3,(H,27,30,31). The van der Waals surface area contributed by atoms with E-state index in [0.717, 1.165) is 42.3 Å². The van der Waals surface area contributed by atoms with E-state index in [4.69, 9.17) is 0 Å². The zero-order chi connectivity index (χ0) is 23.4. The van der Waals surface area contributed by atoms with Crippen LogP contribution in [0, 0.1) is 0 Å². The van der Waals surface area contributed by atoms with Crippen LogP contribution in [0.5, 0.6) is 0 Å². The predicted octanol–water partition coefficient (Wildman–Crippen LogP) is 3.62. The molecule has 0 spiro atoms. The maximum absolute atomic E-state index is 13.0. The van der Waals surface area contributed by atoms with E-state index < -0.39 is 6.04 Å². The largest absolute Gasteiger partial charge is 0.322 e. The zero-order valence-electron chi connectivity index (χ0n) is 19.3. The number of amides is 3. The Hall–Kier alpha value is -2.64. The number of nitrogens with one attached hydrogen (secondary N) is 1. The molecule has 0 aromatic heterocycles. The molecule has 1 saturated heterocycles. The van der Waals surface area contributed by atoms with Gasteiger partial charge in [0.1, 0.15) is 6.04 Å². The van der Waals surface area contributed by atoms with Crippen LogP contribution < -0.4 is 5.32 Å². The number of benzene rings is 2. The van der Waals surface area contributed by atoms with E-state index in [1.807, 2.05) is 18.2 Å². The first-order chi connectivity index (χ1) is 16.0. The number of carbonyl (C=O) groups is 3. The average Bonchev–Trinajstić information content (AvgIpc) is 3.16. The van der Waals surface area contributed by atoms with Crippen molar-refractivity contribution < 1.29 is 14.4 Å². The van der Waals surface area contributed by atoms with Crippen molar-refractivity contribution in [2.24, 2.45) is 0 Å². The highest BCUT2D eigenvalue weighted by molar-refractivity contribution is 7.98. The van der Waals surface area contributed by atoms with Gasteiger partial charge in [0.05, 0.1) is 0 Å². The van der Waals surface area contributed by atoms with Crippen molar-refractivity contribution in [3.05, 3.63) is 64.7 Å². The third kappa shape index (κ3) is 5.31. The lowest BCUT2D eigenvalue weighted by atomic mass is 10.0. The Labute approximate surface area is 199 Å². The average molecular weight is 466 g/mol. The van der Waals surface area contributed by atoms with E-state index in [9.17, 15) is 14.4 Å². The summed E-state index contributed by atoms with van der Waals surface area (Å²) in [5, 5.41) is 2.36. The highest BCUT2D eigenvalue weighted by Crippen LogP contribution is 2.35. The van der Waals surface area contributed by atoms with Crippen LogP contribution in [-0.4, -0.2) is 53.2 Å². The SMILES string of the molecule is CCN(CC)CCc1ccc(CSc2cccc3c2CN(C2CCC(=O)NC2=O)C3=O)cc1. The summed E-state index contributed by atoms with van der Waals surface area (Å²) in [5.74, 6) is 0.0530. The molecule has 1 N–H and O–H groups in total. The molecular formula is C26H31N3O3S. The Balaban J connectivity index is 1.39.